The molecule has 3 atom stereocenters. The molecule has 1 aromatic carbocycles. The van der Waals surface area contributed by atoms with Gasteiger partial charge in [0, 0.05) is 41.7 Å². The largest absolute Gasteiger partial charge is 0.497 e. The number of hydrogen-bond donors (Lipinski definition) is 0. The summed E-state index contributed by atoms with van der Waals surface area (Å²) >= 11 is 0. The number of nitrogens with zero attached hydrogens (tertiary/aromatic N) is 2. The van der Waals surface area contributed by atoms with E-state index in [1.54, 1.807) is 19.5 Å². The summed E-state index contributed by atoms with van der Waals surface area (Å²) in [6.45, 7) is 6.20. The van der Waals surface area contributed by atoms with E-state index in [0.717, 1.165) is 22.6 Å². The maximum Gasteiger partial charge on any atom is 0.315 e. The highest BCUT2D eigenvalue weighted by Gasteiger charge is 2.44. The van der Waals surface area contributed by atoms with Gasteiger partial charge in [-0.1, -0.05) is 26.0 Å². The minimum absolute atomic E-state index is 0.0387. The highest BCUT2D eigenvalue weighted by Crippen LogP contribution is 2.46. The third kappa shape index (κ3) is 4.75. The van der Waals surface area contributed by atoms with E-state index in [4.69, 9.17) is 14.5 Å². The normalized spacial score (nSPS) is 22.6. The summed E-state index contributed by atoms with van der Waals surface area (Å²) in [5.74, 6) is -0.268. The molecule has 1 aliphatic carbocycles. The molecule has 6 nitrogen and oxygen atoms in total. The number of pyridine rings is 1. The van der Waals surface area contributed by atoms with Crippen LogP contribution in [0.15, 0.2) is 65.1 Å². The molecule has 4 rings (SSSR count). The number of ether oxygens (including phenoxy) is 2. The molecule has 33 heavy (non-hydrogen) atoms. The first kappa shape index (κ1) is 22.9. The number of ketones is 1. The molecule has 0 amide bonds. The monoisotopic (exact) mass is 446 g/mol. The van der Waals surface area contributed by atoms with Gasteiger partial charge in [0.25, 0.3) is 0 Å². The Labute approximate surface area is 194 Å². The standard InChI is InChI=1S/C27H30N2O4/c1-16(2)15-33-27(31)24-17(3)29-22-13-20(18-5-7-21(32-4)8-6-18)14-23(30)26(22)25(24)19-9-11-28-12-10-19/h5-12,16,20,24-25H,13-15H2,1-4H3/t20-,24?,25+/m1/s1. The second-order valence-electron chi connectivity index (χ2n) is 9.17. The molecule has 1 aliphatic heterocycles. The van der Waals surface area contributed by atoms with E-state index < -0.39 is 11.8 Å². The average Bonchev–Trinajstić information content (AvgIpc) is 2.82. The van der Waals surface area contributed by atoms with Crippen LogP contribution in [-0.2, 0) is 14.3 Å². The van der Waals surface area contributed by atoms with Crippen LogP contribution in [-0.4, -0.2) is 36.2 Å². The minimum atomic E-state index is -0.619. The second kappa shape index (κ2) is 9.69. The van der Waals surface area contributed by atoms with Crippen molar-refractivity contribution in [2.75, 3.05) is 13.7 Å². The zero-order valence-corrected chi connectivity index (χ0v) is 19.6. The predicted molar refractivity (Wildman–Crippen MR) is 126 cm³/mol. The molecule has 0 radical (unpaired) electrons. The van der Waals surface area contributed by atoms with Gasteiger partial charge in [0.2, 0.25) is 0 Å². The fraction of sp³-hybridized carbons (Fsp3) is 0.407. The molecule has 1 unspecified atom stereocenters. The Morgan fingerprint density at radius 1 is 1.06 bits per heavy atom. The number of allylic oxidation sites excluding steroid dienone is 2. The lowest BCUT2D eigenvalue weighted by Crippen LogP contribution is -2.38. The molecule has 0 spiro atoms. The quantitative estimate of drug-likeness (QED) is 0.592. The molecule has 6 heteroatoms. The molecular weight excluding hydrogens is 416 g/mol. The van der Waals surface area contributed by atoms with E-state index in [1.165, 1.54) is 0 Å². The van der Waals surface area contributed by atoms with E-state index in [1.807, 2.05) is 57.2 Å². The summed E-state index contributed by atoms with van der Waals surface area (Å²) in [4.78, 5) is 35.6. The molecule has 0 fully saturated rings. The van der Waals surface area contributed by atoms with Crippen LogP contribution in [0.2, 0.25) is 0 Å². The minimum Gasteiger partial charge on any atom is -0.497 e. The van der Waals surface area contributed by atoms with E-state index in [2.05, 4.69) is 4.98 Å². The highest BCUT2D eigenvalue weighted by molar-refractivity contribution is 6.09. The van der Waals surface area contributed by atoms with Crippen LogP contribution in [0.4, 0.5) is 0 Å². The summed E-state index contributed by atoms with van der Waals surface area (Å²) in [5, 5.41) is 0. The van der Waals surface area contributed by atoms with Crippen LogP contribution in [0.25, 0.3) is 0 Å². The maximum atomic E-state index is 13.5. The summed E-state index contributed by atoms with van der Waals surface area (Å²) in [6, 6.07) is 11.6. The van der Waals surface area contributed by atoms with Gasteiger partial charge in [-0.3, -0.25) is 19.6 Å². The van der Waals surface area contributed by atoms with Crippen molar-refractivity contribution >= 4 is 17.5 Å². The zero-order valence-electron chi connectivity index (χ0n) is 19.6. The zero-order chi connectivity index (χ0) is 23.5. The summed E-state index contributed by atoms with van der Waals surface area (Å²) in [5.41, 5.74) is 4.08. The van der Waals surface area contributed by atoms with Crippen LogP contribution in [0.5, 0.6) is 5.75 Å². The molecule has 172 valence electrons. The Kier molecular flexibility index (Phi) is 6.72. The van der Waals surface area contributed by atoms with Gasteiger partial charge in [-0.2, -0.15) is 0 Å². The first-order valence-corrected chi connectivity index (χ1v) is 11.4. The fourth-order valence-electron chi connectivity index (χ4n) is 4.75. The van der Waals surface area contributed by atoms with Gasteiger partial charge in [0.15, 0.2) is 5.78 Å². The van der Waals surface area contributed by atoms with Crippen molar-refractivity contribution in [3.63, 3.8) is 0 Å². The first-order chi connectivity index (χ1) is 15.9. The molecule has 0 bridgehead atoms. The number of benzene rings is 1. The van der Waals surface area contributed by atoms with Crippen LogP contribution in [0.3, 0.4) is 0 Å². The van der Waals surface area contributed by atoms with Gasteiger partial charge in [-0.15, -0.1) is 0 Å². The number of hydrogen-bond acceptors (Lipinski definition) is 6. The van der Waals surface area contributed by atoms with Gasteiger partial charge in [0.05, 0.1) is 13.7 Å². The third-order valence-electron chi connectivity index (χ3n) is 6.35. The average molecular weight is 447 g/mol. The molecule has 0 N–H and O–H groups in total. The maximum absolute atomic E-state index is 13.5. The van der Waals surface area contributed by atoms with E-state index in [-0.39, 0.29) is 23.6 Å². The molecular formula is C27H30N2O4. The molecule has 0 saturated heterocycles. The van der Waals surface area contributed by atoms with Crippen LogP contribution < -0.4 is 4.74 Å². The fourth-order valence-corrected chi connectivity index (χ4v) is 4.75. The van der Waals surface area contributed by atoms with E-state index >= 15 is 0 Å². The summed E-state index contributed by atoms with van der Waals surface area (Å²) in [7, 11) is 1.64. The van der Waals surface area contributed by atoms with Crippen LogP contribution in [0, 0.1) is 11.8 Å². The Morgan fingerprint density at radius 2 is 1.76 bits per heavy atom. The molecule has 1 aromatic heterocycles. The Morgan fingerprint density at radius 3 is 2.39 bits per heavy atom. The second-order valence-corrected chi connectivity index (χ2v) is 9.17. The number of methoxy groups -OCH3 is 1. The predicted octanol–water partition coefficient (Wildman–Crippen LogP) is 4.86. The smallest absolute Gasteiger partial charge is 0.315 e. The van der Waals surface area contributed by atoms with Crippen molar-refractivity contribution in [2.45, 2.75) is 45.4 Å². The Balaban J connectivity index is 1.72. The van der Waals surface area contributed by atoms with Crippen molar-refractivity contribution in [3.05, 3.63) is 71.2 Å². The van der Waals surface area contributed by atoms with E-state index in [0.29, 0.717) is 30.7 Å². The van der Waals surface area contributed by atoms with Gasteiger partial charge in [0.1, 0.15) is 11.7 Å². The summed E-state index contributed by atoms with van der Waals surface area (Å²) in [6.07, 6.45) is 4.43. The van der Waals surface area contributed by atoms with Gasteiger partial charge in [-0.05, 0) is 60.6 Å². The Bertz CT molecular complexity index is 1090. The number of rotatable bonds is 6. The van der Waals surface area contributed by atoms with Gasteiger partial charge >= 0.3 is 5.97 Å². The van der Waals surface area contributed by atoms with Crippen molar-refractivity contribution in [1.29, 1.82) is 0 Å². The van der Waals surface area contributed by atoms with Crippen molar-refractivity contribution < 1.29 is 19.1 Å². The van der Waals surface area contributed by atoms with Crippen molar-refractivity contribution in [2.24, 2.45) is 16.8 Å². The van der Waals surface area contributed by atoms with Crippen molar-refractivity contribution in [3.8, 4) is 5.75 Å². The van der Waals surface area contributed by atoms with Crippen molar-refractivity contribution in [1.82, 2.24) is 4.98 Å². The number of carbonyl (C=O) groups is 2. The van der Waals surface area contributed by atoms with Crippen LogP contribution in [0.1, 0.15) is 56.6 Å². The number of aromatic nitrogens is 1. The Hall–Kier alpha value is -3.28. The molecule has 0 saturated carbocycles. The molecule has 2 aliphatic rings. The third-order valence-corrected chi connectivity index (χ3v) is 6.35. The summed E-state index contributed by atoms with van der Waals surface area (Å²) < 4.78 is 10.9. The van der Waals surface area contributed by atoms with Gasteiger partial charge < -0.3 is 9.47 Å². The lowest BCUT2D eigenvalue weighted by Gasteiger charge is -2.36. The SMILES string of the molecule is COc1ccc([C@H]2CC(=O)C3=C(C2)N=C(C)C(C(=O)OCC(C)C)[C@@H]3c2ccncc2)cc1. The topological polar surface area (TPSA) is 77.8 Å². The lowest BCUT2D eigenvalue weighted by atomic mass is 9.69. The van der Waals surface area contributed by atoms with Crippen LogP contribution >= 0.6 is 0 Å². The number of Topliss-reactive ketones (excluding diaryl/α,β-unsaturated/α-hetero) is 1. The van der Waals surface area contributed by atoms with E-state index in [9.17, 15) is 9.59 Å². The molecule has 2 aromatic rings. The highest BCUT2D eigenvalue weighted by atomic mass is 16.5. The number of esters is 1. The van der Waals surface area contributed by atoms with Gasteiger partial charge in [-0.25, -0.2) is 0 Å². The number of carbonyl (C=O) groups excluding carboxylic acids is 2. The lowest BCUT2D eigenvalue weighted by molar-refractivity contribution is -0.147. The first-order valence-electron chi connectivity index (χ1n) is 11.4. The molecule has 2 heterocycles. The number of aliphatic imine (C=N–C) groups is 1.